The van der Waals surface area contributed by atoms with Crippen LogP contribution in [0.15, 0.2) is 0 Å². The highest BCUT2D eigenvalue weighted by molar-refractivity contribution is 7.91. The van der Waals surface area contributed by atoms with Crippen LogP contribution in [0.5, 0.6) is 0 Å². The number of carbonyl (C=O) groups excluding carboxylic acids is 2. The van der Waals surface area contributed by atoms with Crippen LogP contribution in [0.25, 0.3) is 0 Å². The Labute approximate surface area is 180 Å². The first-order chi connectivity index (χ1) is 14.2. The van der Waals surface area contributed by atoms with Crippen molar-refractivity contribution < 1.29 is 22.7 Å². The van der Waals surface area contributed by atoms with Gasteiger partial charge in [-0.05, 0) is 25.2 Å². The van der Waals surface area contributed by atoms with E-state index in [0.717, 1.165) is 25.7 Å². The number of carbonyl (C=O) groups is 2. The Morgan fingerprint density at radius 3 is 2.23 bits per heavy atom. The highest BCUT2D eigenvalue weighted by Gasteiger charge is 2.39. The first-order valence-electron chi connectivity index (χ1n) is 11.4. The predicted octanol–water partition coefficient (Wildman–Crippen LogP) is 1.75. The Hall–Kier alpha value is -1.35. The molecule has 0 bridgehead atoms. The lowest BCUT2D eigenvalue weighted by Gasteiger charge is -2.40. The third-order valence-electron chi connectivity index (χ3n) is 6.39. The number of hydrogen-bond donors (Lipinski definition) is 0. The van der Waals surface area contributed by atoms with E-state index in [1.165, 1.54) is 6.42 Å². The van der Waals surface area contributed by atoms with Crippen molar-refractivity contribution in [2.24, 2.45) is 5.92 Å². The third kappa shape index (κ3) is 6.33. The van der Waals surface area contributed by atoms with E-state index in [9.17, 15) is 18.0 Å². The molecular weight excluding hydrogens is 406 g/mol. The number of sulfone groups is 1. The molecule has 172 valence electrons. The van der Waals surface area contributed by atoms with Crippen molar-refractivity contribution in [3.05, 3.63) is 0 Å². The van der Waals surface area contributed by atoms with Gasteiger partial charge in [-0.3, -0.25) is 9.69 Å². The molecule has 0 aromatic carbocycles. The maximum Gasteiger partial charge on any atom is 0.409 e. The van der Waals surface area contributed by atoms with Crippen LogP contribution in [0.2, 0.25) is 0 Å². The molecule has 3 rings (SSSR count). The minimum absolute atomic E-state index is 0.0415. The number of ether oxygens (including phenoxy) is 1. The fourth-order valence-corrected chi connectivity index (χ4v) is 6.46. The molecule has 2 aliphatic heterocycles. The topological polar surface area (TPSA) is 87.2 Å². The summed E-state index contributed by atoms with van der Waals surface area (Å²) >= 11 is 0. The summed E-state index contributed by atoms with van der Waals surface area (Å²) in [4.78, 5) is 31.1. The largest absolute Gasteiger partial charge is 0.449 e. The zero-order valence-electron chi connectivity index (χ0n) is 18.4. The average molecular weight is 444 g/mol. The SMILES string of the molecule is CC(C)COC(=O)N1CCN(CC(=O)N(C2CCCCC2)C2CCS(=O)(=O)C2)CC1. The van der Waals surface area contributed by atoms with Gasteiger partial charge in [-0.15, -0.1) is 0 Å². The van der Waals surface area contributed by atoms with E-state index in [1.807, 2.05) is 18.7 Å². The fourth-order valence-electron chi connectivity index (χ4n) is 4.75. The zero-order chi connectivity index (χ0) is 21.7. The van der Waals surface area contributed by atoms with Crippen molar-refractivity contribution in [1.82, 2.24) is 14.7 Å². The van der Waals surface area contributed by atoms with Gasteiger partial charge in [-0.1, -0.05) is 33.1 Å². The molecule has 1 atom stereocenters. The van der Waals surface area contributed by atoms with Gasteiger partial charge in [0, 0.05) is 38.3 Å². The van der Waals surface area contributed by atoms with Crippen molar-refractivity contribution >= 4 is 21.8 Å². The molecule has 0 aromatic heterocycles. The molecule has 2 heterocycles. The molecule has 30 heavy (non-hydrogen) atoms. The second-order valence-electron chi connectivity index (χ2n) is 9.38. The van der Waals surface area contributed by atoms with Crippen LogP contribution < -0.4 is 0 Å². The molecule has 3 fully saturated rings. The van der Waals surface area contributed by atoms with Gasteiger partial charge < -0.3 is 14.5 Å². The smallest absolute Gasteiger partial charge is 0.409 e. The van der Waals surface area contributed by atoms with Gasteiger partial charge in [0.25, 0.3) is 0 Å². The van der Waals surface area contributed by atoms with Crippen LogP contribution >= 0.6 is 0 Å². The lowest BCUT2D eigenvalue weighted by atomic mass is 9.92. The molecular formula is C21H37N3O5S. The van der Waals surface area contributed by atoms with E-state index in [-0.39, 0.29) is 35.6 Å². The summed E-state index contributed by atoms with van der Waals surface area (Å²) in [5.41, 5.74) is 0. The molecule has 0 radical (unpaired) electrons. The minimum Gasteiger partial charge on any atom is -0.449 e. The highest BCUT2D eigenvalue weighted by atomic mass is 32.2. The van der Waals surface area contributed by atoms with Crippen molar-refractivity contribution in [1.29, 1.82) is 0 Å². The Balaban J connectivity index is 1.55. The number of nitrogens with zero attached hydrogens (tertiary/aromatic N) is 3. The second kappa shape index (κ2) is 10.3. The van der Waals surface area contributed by atoms with Crippen LogP contribution in [-0.4, -0.2) is 98.0 Å². The van der Waals surface area contributed by atoms with Gasteiger partial charge in [0.2, 0.25) is 5.91 Å². The van der Waals surface area contributed by atoms with Crippen LogP contribution in [0, 0.1) is 5.92 Å². The average Bonchev–Trinajstić information content (AvgIpc) is 3.07. The first kappa shape index (κ1) is 23.3. The van der Waals surface area contributed by atoms with Crippen LogP contribution in [0.3, 0.4) is 0 Å². The van der Waals surface area contributed by atoms with Gasteiger partial charge in [-0.25, -0.2) is 13.2 Å². The number of rotatable bonds is 6. The van der Waals surface area contributed by atoms with Gasteiger partial charge in [0.15, 0.2) is 9.84 Å². The molecule has 2 saturated heterocycles. The lowest BCUT2D eigenvalue weighted by molar-refractivity contribution is -0.138. The highest BCUT2D eigenvalue weighted by Crippen LogP contribution is 2.28. The normalized spacial score (nSPS) is 25.4. The van der Waals surface area contributed by atoms with Crippen molar-refractivity contribution in [3.63, 3.8) is 0 Å². The summed E-state index contributed by atoms with van der Waals surface area (Å²) in [6.45, 7) is 7.07. The summed E-state index contributed by atoms with van der Waals surface area (Å²) in [6.07, 6.45) is 5.61. The molecule has 2 amide bonds. The Bertz CT molecular complexity index is 697. The quantitative estimate of drug-likeness (QED) is 0.622. The van der Waals surface area contributed by atoms with Crippen LogP contribution in [-0.2, 0) is 19.4 Å². The number of amides is 2. The molecule has 0 N–H and O–H groups in total. The summed E-state index contributed by atoms with van der Waals surface area (Å²) in [5, 5.41) is 0. The summed E-state index contributed by atoms with van der Waals surface area (Å²) in [5.74, 6) is 0.633. The monoisotopic (exact) mass is 443 g/mol. The predicted molar refractivity (Wildman–Crippen MR) is 115 cm³/mol. The van der Waals surface area contributed by atoms with Crippen molar-refractivity contribution in [2.75, 3.05) is 50.8 Å². The van der Waals surface area contributed by atoms with E-state index in [1.54, 1.807) is 4.90 Å². The summed E-state index contributed by atoms with van der Waals surface area (Å²) in [6, 6.07) is -0.0187. The van der Waals surface area contributed by atoms with E-state index < -0.39 is 9.84 Å². The Morgan fingerprint density at radius 1 is 1.00 bits per heavy atom. The molecule has 1 unspecified atom stereocenters. The van der Waals surface area contributed by atoms with Crippen molar-refractivity contribution in [2.45, 2.75) is 64.5 Å². The summed E-state index contributed by atoms with van der Waals surface area (Å²) in [7, 11) is -3.04. The maximum absolute atomic E-state index is 13.3. The second-order valence-corrected chi connectivity index (χ2v) is 11.6. The maximum atomic E-state index is 13.3. The number of hydrogen-bond acceptors (Lipinski definition) is 6. The summed E-state index contributed by atoms with van der Waals surface area (Å²) < 4.78 is 29.4. The molecule has 3 aliphatic rings. The van der Waals surface area contributed by atoms with Gasteiger partial charge in [-0.2, -0.15) is 0 Å². The first-order valence-corrected chi connectivity index (χ1v) is 13.2. The molecule has 8 nitrogen and oxygen atoms in total. The number of piperazine rings is 1. The van der Waals surface area contributed by atoms with Crippen LogP contribution in [0.1, 0.15) is 52.4 Å². The Kier molecular flexibility index (Phi) is 8.01. The lowest BCUT2D eigenvalue weighted by Crippen LogP contribution is -2.55. The fraction of sp³-hybridized carbons (Fsp3) is 0.905. The molecule has 1 aliphatic carbocycles. The standard InChI is InChI=1S/C21H37N3O5S/c1-17(2)15-29-21(26)23-11-9-22(10-12-23)14-20(25)24(18-6-4-3-5-7-18)19-8-13-30(27,28)16-19/h17-19H,3-16H2,1-2H3. The van der Waals surface area contributed by atoms with Gasteiger partial charge in [0.05, 0.1) is 24.7 Å². The van der Waals surface area contributed by atoms with Gasteiger partial charge >= 0.3 is 6.09 Å². The molecule has 0 aromatic rings. The van der Waals surface area contributed by atoms with E-state index in [2.05, 4.69) is 4.90 Å². The minimum atomic E-state index is -3.04. The molecule has 0 spiro atoms. The zero-order valence-corrected chi connectivity index (χ0v) is 19.2. The Morgan fingerprint density at radius 2 is 1.67 bits per heavy atom. The van der Waals surface area contributed by atoms with Crippen LogP contribution in [0.4, 0.5) is 4.79 Å². The van der Waals surface area contributed by atoms with Crippen molar-refractivity contribution in [3.8, 4) is 0 Å². The molecule has 1 saturated carbocycles. The molecule has 9 heteroatoms. The van der Waals surface area contributed by atoms with Gasteiger partial charge in [0.1, 0.15) is 0 Å². The van der Waals surface area contributed by atoms with E-state index in [4.69, 9.17) is 4.74 Å². The third-order valence-corrected chi connectivity index (χ3v) is 8.14. The van der Waals surface area contributed by atoms with E-state index in [0.29, 0.717) is 51.7 Å². The van der Waals surface area contributed by atoms with E-state index >= 15 is 0 Å².